The lowest BCUT2D eigenvalue weighted by Gasteiger charge is -2.33. The third kappa shape index (κ3) is 7.94. The molecule has 1 saturated heterocycles. The van der Waals surface area contributed by atoms with Gasteiger partial charge in [0.1, 0.15) is 0 Å². The third-order valence-electron chi connectivity index (χ3n) is 6.08. The van der Waals surface area contributed by atoms with Crippen LogP contribution in [0.25, 0.3) is 0 Å². The maximum absolute atomic E-state index is 13.0. The fraction of sp³-hybridized carbons (Fsp3) is 0.609. The van der Waals surface area contributed by atoms with Crippen LogP contribution in [0.1, 0.15) is 62.5 Å². The molecule has 4 nitrogen and oxygen atoms in total. The summed E-state index contributed by atoms with van der Waals surface area (Å²) < 4.78 is 77.9. The van der Waals surface area contributed by atoms with Crippen molar-refractivity contribution in [3.05, 3.63) is 41.0 Å². The van der Waals surface area contributed by atoms with Crippen molar-refractivity contribution in [3.8, 4) is 0 Å². The lowest BCUT2D eigenvalue weighted by Crippen LogP contribution is -2.46. The first-order valence-corrected chi connectivity index (χ1v) is 11.3. The minimum absolute atomic E-state index is 0.0320. The van der Waals surface area contributed by atoms with Crippen molar-refractivity contribution in [1.29, 1.82) is 0 Å². The second-order valence-corrected chi connectivity index (χ2v) is 8.76. The largest absolute Gasteiger partial charge is 0.416 e. The summed E-state index contributed by atoms with van der Waals surface area (Å²) in [4.78, 5) is 14.6. The van der Waals surface area contributed by atoms with Crippen LogP contribution in [-0.4, -0.2) is 36.6 Å². The highest BCUT2D eigenvalue weighted by molar-refractivity contribution is 5.89. The Labute approximate surface area is 189 Å². The van der Waals surface area contributed by atoms with Crippen molar-refractivity contribution in [2.45, 2.75) is 69.8 Å². The molecule has 2 N–H and O–H groups in total. The second kappa shape index (κ2) is 10.8. The average Bonchev–Trinajstić information content (AvgIpc) is 2.69. The zero-order valence-corrected chi connectivity index (χ0v) is 18.3. The van der Waals surface area contributed by atoms with E-state index in [1.807, 2.05) is 0 Å². The number of rotatable bonds is 4. The first-order chi connectivity index (χ1) is 15.5. The molecule has 0 aromatic heterocycles. The SMILES string of the molecule is O=C(Nc1cc(C(F)(F)F)cc(C(F)(F)F)c1)NC1CCN(C/C2=C\CCCCCC2)CC1. The van der Waals surface area contributed by atoms with Crippen LogP contribution in [0, 0.1) is 0 Å². The Kier molecular flexibility index (Phi) is 8.31. The Hall–Kier alpha value is -2.23. The van der Waals surface area contributed by atoms with Gasteiger partial charge in [-0.2, -0.15) is 26.3 Å². The van der Waals surface area contributed by atoms with Crippen LogP contribution in [0.3, 0.4) is 0 Å². The van der Waals surface area contributed by atoms with E-state index in [1.54, 1.807) is 0 Å². The van der Waals surface area contributed by atoms with E-state index in [2.05, 4.69) is 21.6 Å². The summed E-state index contributed by atoms with van der Waals surface area (Å²) in [7, 11) is 0. The quantitative estimate of drug-likeness (QED) is 0.380. The molecular formula is C23H29F6N3O. The number of allylic oxidation sites excluding steroid dienone is 1. The summed E-state index contributed by atoms with van der Waals surface area (Å²) in [6, 6.07) is 0.0222. The Morgan fingerprint density at radius 1 is 0.909 bits per heavy atom. The summed E-state index contributed by atoms with van der Waals surface area (Å²) in [6.45, 7) is 2.44. The number of hydrogen-bond acceptors (Lipinski definition) is 2. The number of urea groups is 1. The molecule has 3 rings (SSSR count). The standard InChI is InChI=1S/C23H29F6N3O/c24-22(25,26)17-12-18(23(27,28)29)14-20(13-17)31-21(33)30-19-8-10-32(11-9-19)15-16-6-4-2-1-3-5-7-16/h6,12-14,19H,1-5,7-11,15H2,(H2,30,31,33)/b16-6-. The lowest BCUT2D eigenvalue weighted by atomic mass is 9.98. The Morgan fingerprint density at radius 2 is 1.52 bits per heavy atom. The molecule has 184 valence electrons. The molecule has 1 fully saturated rings. The van der Waals surface area contributed by atoms with Crippen molar-refractivity contribution in [2.75, 3.05) is 25.0 Å². The zero-order valence-electron chi connectivity index (χ0n) is 18.3. The number of nitrogens with one attached hydrogen (secondary N) is 2. The van der Waals surface area contributed by atoms with Crippen LogP contribution in [0.5, 0.6) is 0 Å². The summed E-state index contributed by atoms with van der Waals surface area (Å²) in [5, 5.41) is 4.80. The maximum Gasteiger partial charge on any atom is 0.416 e. The van der Waals surface area contributed by atoms with Gasteiger partial charge >= 0.3 is 18.4 Å². The van der Waals surface area contributed by atoms with Gasteiger partial charge in [0.15, 0.2) is 0 Å². The van der Waals surface area contributed by atoms with E-state index in [4.69, 9.17) is 0 Å². The van der Waals surface area contributed by atoms with Crippen molar-refractivity contribution in [2.24, 2.45) is 0 Å². The van der Waals surface area contributed by atoms with Gasteiger partial charge in [0.2, 0.25) is 0 Å². The molecule has 2 aliphatic rings. The van der Waals surface area contributed by atoms with E-state index in [0.29, 0.717) is 25.0 Å². The van der Waals surface area contributed by atoms with Crippen LogP contribution in [-0.2, 0) is 12.4 Å². The number of nitrogens with zero attached hydrogens (tertiary/aromatic N) is 1. The minimum Gasteiger partial charge on any atom is -0.335 e. The molecule has 1 aromatic carbocycles. The molecule has 0 atom stereocenters. The van der Waals surface area contributed by atoms with Gasteiger partial charge in [0.05, 0.1) is 11.1 Å². The predicted octanol–water partition coefficient (Wildman–Crippen LogP) is 6.59. The lowest BCUT2D eigenvalue weighted by molar-refractivity contribution is -0.143. The van der Waals surface area contributed by atoms with Crippen LogP contribution in [0.15, 0.2) is 29.8 Å². The Morgan fingerprint density at radius 3 is 2.12 bits per heavy atom. The number of anilines is 1. The van der Waals surface area contributed by atoms with Crippen LogP contribution in [0.4, 0.5) is 36.8 Å². The molecule has 10 heteroatoms. The molecule has 0 spiro atoms. The highest BCUT2D eigenvalue weighted by atomic mass is 19.4. The highest BCUT2D eigenvalue weighted by Crippen LogP contribution is 2.37. The number of likely N-dealkylation sites (tertiary alicyclic amines) is 1. The number of carbonyl (C=O) groups is 1. The van der Waals surface area contributed by atoms with E-state index < -0.39 is 35.2 Å². The van der Waals surface area contributed by atoms with Gasteiger partial charge in [-0.05, 0) is 56.7 Å². The molecule has 0 unspecified atom stereocenters. The summed E-state index contributed by atoms with van der Waals surface area (Å²) in [6.07, 6.45) is 0.915. The van der Waals surface area contributed by atoms with Gasteiger partial charge in [-0.15, -0.1) is 0 Å². The molecule has 2 amide bonds. The van der Waals surface area contributed by atoms with E-state index >= 15 is 0 Å². The third-order valence-corrected chi connectivity index (χ3v) is 6.08. The van der Waals surface area contributed by atoms with Crippen molar-refractivity contribution < 1.29 is 31.1 Å². The topological polar surface area (TPSA) is 44.4 Å². The average molecular weight is 477 g/mol. The van der Waals surface area contributed by atoms with Crippen molar-refractivity contribution >= 4 is 11.7 Å². The molecule has 1 aliphatic carbocycles. The molecule has 1 heterocycles. The monoisotopic (exact) mass is 477 g/mol. The van der Waals surface area contributed by atoms with Gasteiger partial charge in [-0.3, -0.25) is 4.90 Å². The smallest absolute Gasteiger partial charge is 0.335 e. The number of piperidine rings is 1. The van der Waals surface area contributed by atoms with Crippen LogP contribution >= 0.6 is 0 Å². The predicted molar refractivity (Wildman–Crippen MR) is 114 cm³/mol. The van der Waals surface area contributed by atoms with E-state index in [9.17, 15) is 31.1 Å². The summed E-state index contributed by atoms with van der Waals surface area (Å²) in [5.41, 5.74) is -2.04. The number of carbonyl (C=O) groups excluding carboxylic acids is 1. The van der Waals surface area contributed by atoms with Gasteiger partial charge in [-0.1, -0.05) is 24.5 Å². The number of alkyl halides is 6. The van der Waals surface area contributed by atoms with E-state index in [-0.39, 0.29) is 12.1 Å². The second-order valence-electron chi connectivity index (χ2n) is 8.76. The normalized spacial score (nSPS) is 21.0. The zero-order chi connectivity index (χ0) is 24.1. The molecule has 0 saturated carbocycles. The van der Waals surface area contributed by atoms with Gasteiger partial charge in [0.25, 0.3) is 0 Å². The molecule has 0 bridgehead atoms. The van der Waals surface area contributed by atoms with Crippen molar-refractivity contribution in [1.82, 2.24) is 10.2 Å². The number of hydrogen-bond donors (Lipinski definition) is 2. The van der Waals surface area contributed by atoms with Gasteiger partial charge < -0.3 is 10.6 Å². The first-order valence-electron chi connectivity index (χ1n) is 11.3. The maximum atomic E-state index is 13.0. The van der Waals surface area contributed by atoms with E-state index in [1.165, 1.54) is 31.3 Å². The minimum atomic E-state index is -4.97. The number of benzene rings is 1. The van der Waals surface area contributed by atoms with Crippen LogP contribution < -0.4 is 10.6 Å². The van der Waals surface area contributed by atoms with E-state index in [0.717, 1.165) is 32.5 Å². The van der Waals surface area contributed by atoms with Gasteiger partial charge in [-0.25, -0.2) is 4.79 Å². The fourth-order valence-electron chi connectivity index (χ4n) is 4.30. The van der Waals surface area contributed by atoms with Crippen LogP contribution in [0.2, 0.25) is 0 Å². The molecule has 1 aromatic rings. The fourth-order valence-corrected chi connectivity index (χ4v) is 4.30. The Bertz CT molecular complexity index is 809. The molecule has 0 radical (unpaired) electrons. The number of amides is 2. The van der Waals surface area contributed by atoms with Crippen molar-refractivity contribution in [3.63, 3.8) is 0 Å². The Balaban J connectivity index is 1.53. The molecule has 33 heavy (non-hydrogen) atoms. The summed E-state index contributed by atoms with van der Waals surface area (Å²) in [5.74, 6) is 0. The number of halogens is 6. The molecular weight excluding hydrogens is 448 g/mol. The highest BCUT2D eigenvalue weighted by Gasteiger charge is 2.37. The van der Waals surface area contributed by atoms with Gasteiger partial charge in [0, 0.05) is 31.4 Å². The first kappa shape index (κ1) is 25.4. The molecule has 1 aliphatic heterocycles. The summed E-state index contributed by atoms with van der Waals surface area (Å²) >= 11 is 0.